The van der Waals surface area contributed by atoms with Crippen molar-refractivity contribution in [2.24, 2.45) is 0 Å². The van der Waals surface area contributed by atoms with Crippen LogP contribution in [-0.4, -0.2) is 13.7 Å². The van der Waals surface area contributed by atoms with Crippen LogP contribution in [0.3, 0.4) is 0 Å². The Morgan fingerprint density at radius 2 is 1.00 bits per heavy atom. The highest BCUT2D eigenvalue weighted by molar-refractivity contribution is 7.77. The van der Waals surface area contributed by atoms with Crippen molar-refractivity contribution in [1.82, 2.24) is 13.7 Å². The topological polar surface area (TPSA) is 56.4 Å². The molecule has 0 aliphatic heterocycles. The normalized spacial score (nSPS) is 11.8. The highest BCUT2D eigenvalue weighted by atomic mass is 31.2. The molecule has 44 heavy (non-hydrogen) atoms. The van der Waals surface area contributed by atoms with Crippen molar-refractivity contribution < 1.29 is 4.57 Å². The zero-order valence-electron chi connectivity index (χ0n) is 23.6. The van der Waals surface area contributed by atoms with Gasteiger partial charge in [-0.05, 0) is 70.8 Å². The smallest absolute Gasteiger partial charge is 0.267 e. The minimum absolute atomic E-state index is 0.192. The first-order valence-corrected chi connectivity index (χ1v) is 16.1. The third-order valence-electron chi connectivity index (χ3n) is 8.19. The van der Waals surface area contributed by atoms with E-state index in [1.54, 1.807) is 10.5 Å². The van der Waals surface area contributed by atoms with E-state index in [4.69, 9.17) is 4.98 Å². The second-order valence-corrected chi connectivity index (χ2v) is 13.4. The van der Waals surface area contributed by atoms with Crippen molar-refractivity contribution in [1.29, 1.82) is 0 Å². The Bertz CT molecular complexity index is 2360. The van der Waals surface area contributed by atoms with Crippen LogP contribution in [0.25, 0.3) is 50.0 Å². The zero-order chi connectivity index (χ0) is 29.7. The maximum Gasteiger partial charge on any atom is 0.267 e. The van der Waals surface area contributed by atoms with E-state index < -0.39 is 7.29 Å². The van der Waals surface area contributed by atoms with Gasteiger partial charge in [0.15, 0.2) is 0 Å². The van der Waals surface area contributed by atoms with Gasteiger partial charge in [-0.15, -0.1) is 0 Å². The number of hydrogen-bond donors (Lipinski definition) is 0. The zero-order valence-corrected chi connectivity index (χ0v) is 24.5. The van der Waals surface area contributed by atoms with E-state index in [9.17, 15) is 4.79 Å². The first kappa shape index (κ1) is 26.1. The Kier molecular flexibility index (Phi) is 6.14. The number of fused-ring (bicyclic) bond motifs is 4. The van der Waals surface area contributed by atoms with Crippen LogP contribution < -0.4 is 16.2 Å². The first-order valence-electron chi connectivity index (χ1n) is 14.5. The minimum atomic E-state index is -3.72. The Morgan fingerprint density at radius 3 is 1.61 bits per heavy atom. The van der Waals surface area contributed by atoms with Crippen LogP contribution in [0, 0.1) is 0 Å². The molecule has 5 nitrogen and oxygen atoms in total. The van der Waals surface area contributed by atoms with E-state index in [1.165, 1.54) is 0 Å². The molecule has 2 aromatic heterocycles. The largest absolute Gasteiger partial charge is 0.289 e. The number of aromatic nitrogens is 3. The van der Waals surface area contributed by atoms with Gasteiger partial charge in [-0.3, -0.25) is 13.7 Å². The van der Waals surface area contributed by atoms with E-state index in [-0.39, 0.29) is 5.56 Å². The fourth-order valence-corrected chi connectivity index (χ4v) is 8.91. The van der Waals surface area contributed by atoms with Gasteiger partial charge in [-0.2, -0.15) is 0 Å². The summed E-state index contributed by atoms with van der Waals surface area (Å²) in [4.78, 5) is 19.0. The molecule has 210 valence electrons. The quantitative estimate of drug-likeness (QED) is 0.192. The van der Waals surface area contributed by atoms with Crippen molar-refractivity contribution in [3.05, 3.63) is 168 Å². The molecular weight excluding hydrogens is 561 g/mol. The summed E-state index contributed by atoms with van der Waals surface area (Å²) in [7, 11) is -3.72. The van der Waals surface area contributed by atoms with Gasteiger partial charge in [0.1, 0.15) is 0 Å². The number of imidazole rings is 1. The highest BCUT2D eigenvalue weighted by Crippen LogP contribution is 2.50. The lowest BCUT2D eigenvalue weighted by Crippen LogP contribution is -2.23. The molecule has 0 bridgehead atoms. The third-order valence-corrected chi connectivity index (χ3v) is 11.1. The molecule has 0 spiro atoms. The molecule has 8 aromatic rings. The predicted molar refractivity (Wildman–Crippen MR) is 180 cm³/mol. The molecule has 0 aliphatic carbocycles. The Balaban J connectivity index is 1.51. The van der Waals surface area contributed by atoms with Crippen LogP contribution in [0.2, 0.25) is 0 Å². The molecule has 2 heterocycles. The molecule has 0 radical (unpaired) electrons. The van der Waals surface area contributed by atoms with E-state index in [1.807, 2.05) is 156 Å². The summed E-state index contributed by atoms with van der Waals surface area (Å²) in [6.45, 7) is 0. The summed E-state index contributed by atoms with van der Waals surface area (Å²) in [6.07, 6.45) is 0. The summed E-state index contributed by atoms with van der Waals surface area (Å²) >= 11 is 0. The van der Waals surface area contributed by atoms with Crippen LogP contribution in [0.15, 0.2) is 163 Å². The molecule has 0 saturated heterocycles. The standard InChI is InChI=1S/C38H26N3O2P/c42-37-33-21-7-8-22-34(33)39-38-40(37)35-23-9-10-24-36(35)41(38)44(43,31-19-11-17-29(25-31)27-13-3-1-4-14-27)32-20-12-18-30(26-32)28-15-5-2-6-16-28/h1-26H. The molecule has 6 heteroatoms. The van der Waals surface area contributed by atoms with Crippen molar-refractivity contribution in [2.45, 2.75) is 0 Å². The van der Waals surface area contributed by atoms with Crippen molar-refractivity contribution in [2.75, 3.05) is 0 Å². The minimum Gasteiger partial charge on any atom is -0.289 e. The van der Waals surface area contributed by atoms with Crippen LogP contribution in [0.5, 0.6) is 0 Å². The van der Waals surface area contributed by atoms with Crippen molar-refractivity contribution in [3.63, 3.8) is 0 Å². The average molecular weight is 588 g/mol. The summed E-state index contributed by atoms with van der Waals surface area (Å²) in [5.41, 5.74) is 5.67. The lowest BCUT2D eigenvalue weighted by molar-refractivity contribution is 0.583. The molecule has 6 aromatic carbocycles. The summed E-state index contributed by atoms with van der Waals surface area (Å²) in [5.74, 6) is 0.341. The number of rotatable bonds is 5. The third kappa shape index (κ3) is 4.05. The average Bonchev–Trinajstić information content (AvgIpc) is 3.43. The maximum absolute atomic E-state index is 16.3. The molecule has 8 rings (SSSR count). The van der Waals surface area contributed by atoms with E-state index in [0.717, 1.165) is 22.3 Å². The van der Waals surface area contributed by atoms with Gasteiger partial charge in [0.2, 0.25) is 13.1 Å². The van der Waals surface area contributed by atoms with Gasteiger partial charge >= 0.3 is 0 Å². The number of hydrogen-bond acceptors (Lipinski definition) is 3. The van der Waals surface area contributed by atoms with Crippen LogP contribution in [-0.2, 0) is 4.57 Å². The van der Waals surface area contributed by atoms with Gasteiger partial charge in [0.25, 0.3) is 5.56 Å². The van der Waals surface area contributed by atoms with Gasteiger partial charge < -0.3 is 0 Å². The summed E-state index contributed by atoms with van der Waals surface area (Å²) < 4.78 is 19.7. The SMILES string of the molecule is O=c1c2ccccc2nc2n(P(=O)(c3cccc(-c4ccccc4)c3)c3cccc(-c4ccccc4)c3)c3ccccc3n12. The van der Waals surface area contributed by atoms with Gasteiger partial charge in [0.05, 0.1) is 21.9 Å². The van der Waals surface area contributed by atoms with Crippen LogP contribution in [0.4, 0.5) is 0 Å². The van der Waals surface area contributed by atoms with Crippen molar-refractivity contribution in [3.8, 4) is 22.3 Å². The molecule has 0 unspecified atom stereocenters. The van der Waals surface area contributed by atoms with E-state index >= 15 is 4.57 Å². The van der Waals surface area contributed by atoms with Gasteiger partial charge in [-0.25, -0.2) is 9.38 Å². The lowest BCUT2D eigenvalue weighted by Gasteiger charge is -2.23. The van der Waals surface area contributed by atoms with Crippen LogP contribution >= 0.6 is 7.29 Å². The molecule has 0 amide bonds. The Morgan fingerprint density at radius 1 is 0.500 bits per heavy atom. The Hall–Kier alpha value is -5.51. The van der Waals surface area contributed by atoms with Gasteiger partial charge in [-0.1, -0.05) is 109 Å². The summed E-state index contributed by atoms with van der Waals surface area (Å²) in [6, 6.07) is 50.9. The first-order chi connectivity index (χ1) is 21.6. The van der Waals surface area contributed by atoms with E-state index in [2.05, 4.69) is 0 Å². The van der Waals surface area contributed by atoms with Crippen molar-refractivity contribution >= 4 is 45.6 Å². The highest BCUT2D eigenvalue weighted by Gasteiger charge is 2.35. The Labute approximate surface area is 253 Å². The summed E-state index contributed by atoms with van der Waals surface area (Å²) in [5, 5.41) is 1.81. The molecule has 0 aliphatic rings. The second kappa shape index (κ2) is 10.3. The molecule has 0 N–H and O–H groups in total. The molecule has 0 atom stereocenters. The maximum atomic E-state index is 16.3. The van der Waals surface area contributed by atoms with Gasteiger partial charge in [0, 0.05) is 10.6 Å². The fourth-order valence-electron chi connectivity index (χ4n) is 6.09. The number of para-hydroxylation sites is 3. The molecule has 0 fully saturated rings. The monoisotopic (exact) mass is 587 g/mol. The number of benzene rings is 6. The molecule has 0 saturated carbocycles. The fraction of sp³-hybridized carbons (Fsp3) is 0. The van der Waals surface area contributed by atoms with Crippen LogP contribution in [0.1, 0.15) is 0 Å². The predicted octanol–water partition coefficient (Wildman–Crippen LogP) is 7.91. The molecular formula is C38H26N3O2P. The second-order valence-electron chi connectivity index (χ2n) is 10.8. The number of nitrogens with zero attached hydrogens (tertiary/aromatic N) is 3. The lowest BCUT2D eigenvalue weighted by atomic mass is 10.1. The van der Waals surface area contributed by atoms with E-state index in [0.29, 0.717) is 38.3 Å².